The van der Waals surface area contributed by atoms with Gasteiger partial charge < -0.3 is 4.57 Å². The summed E-state index contributed by atoms with van der Waals surface area (Å²) in [7, 11) is 0. The molecule has 6 aromatic heterocycles. The van der Waals surface area contributed by atoms with E-state index in [0.717, 1.165) is 144 Å². The highest BCUT2D eigenvalue weighted by Crippen LogP contribution is 2.49. The van der Waals surface area contributed by atoms with Crippen molar-refractivity contribution in [2.45, 2.75) is 0 Å². The summed E-state index contributed by atoms with van der Waals surface area (Å²) >= 11 is 0. The van der Waals surface area contributed by atoms with E-state index in [1.165, 1.54) is 108 Å². The Morgan fingerprint density at radius 3 is 0.905 bits per heavy atom. The predicted octanol–water partition coefficient (Wildman–Crippen LogP) is 33.3. The van der Waals surface area contributed by atoms with E-state index < -0.39 is 0 Å². The lowest BCUT2D eigenvalue weighted by atomic mass is 9.89. The van der Waals surface area contributed by atoms with Crippen molar-refractivity contribution >= 4 is 173 Å². The van der Waals surface area contributed by atoms with Crippen LogP contribution in [0.4, 0.5) is 0 Å². The second-order valence-electron chi connectivity index (χ2n) is 35.1. The van der Waals surface area contributed by atoms with Gasteiger partial charge in [-0.15, -0.1) is 0 Å². The Hall–Kier alpha value is -18.6. The summed E-state index contributed by atoms with van der Waals surface area (Å²) in [6.45, 7) is 0. The number of benzene rings is 22. The maximum absolute atomic E-state index is 9.77. The third kappa shape index (κ3) is 13.6. The highest BCUT2D eigenvalue weighted by molar-refractivity contribution is 6.37. The molecule has 9 heteroatoms. The van der Waals surface area contributed by atoms with Crippen LogP contribution in [-0.4, -0.2) is 39.5 Å². The lowest BCUT2D eigenvalue weighted by Gasteiger charge is -2.16. The largest absolute Gasteiger partial charge is 0.309 e. The smallest absolute Gasteiger partial charge is 0.164 e. The van der Waals surface area contributed by atoms with Crippen molar-refractivity contribution in [3.8, 4) is 102 Å². The third-order valence-electron chi connectivity index (χ3n) is 27.3. The molecule has 0 saturated carbocycles. The molecule has 0 radical (unpaired) electrons. The van der Waals surface area contributed by atoms with Gasteiger partial charge in [-0.3, -0.25) is 4.98 Å². The van der Waals surface area contributed by atoms with Gasteiger partial charge >= 0.3 is 0 Å². The Labute approximate surface area is 787 Å². The number of pyridine rings is 4. The Morgan fingerprint density at radius 1 is 0.190 bits per heavy atom. The Morgan fingerprint density at radius 2 is 0.496 bits per heavy atom. The molecular formula is C128H77N9. The topological polar surface area (TPSA) is 119 Å². The molecule has 9 nitrogen and oxygen atoms in total. The van der Waals surface area contributed by atoms with Crippen molar-refractivity contribution in [2.24, 2.45) is 0 Å². The van der Waals surface area contributed by atoms with E-state index in [1.807, 2.05) is 36.7 Å². The molecule has 0 N–H and O–H groups in total. The van der Waals surface area contributed by atoms with Crippen LogP contribution in [0.2, 0.25) is 0 Å². The molecule has 0 aliphatic rings. The minimum absolute atomic E-state index is 0.610. The van der Waals surface area contributed by atoms with E-state index >= 15 is 0 Å². The monoisotopic (exact) mass is 1740 g/mol. The van der Waals surface area contributed by atoms with Crippen molar-refractivity contribution in [1.29, 1.82) is 5.26 Å². The molecule has 0 fully saturated rings. The van der Waals surface area contributed by atoms with Crippen LogP contribution in [0.1, 0.15) is 5.56 Å². The average Bonchev–Trinajstić information content (AvgIpc) is 1.06. The number of para-hydroxylation sites is 4. The van der Waals surface area contributed by atoms with E-state index in [9.17, 15) is 5.26 Å². The fraction of sp³-hybridized carbons (Fsp3) is 0. The number of nitrogens with zero attached hydrogens (tertiary/aromatic N) is 9. The molecule has 0 amide bonds. The minimum atomic E-state index is 0.610. The van der Waals surface area contributed by atoms with Crippen molar-refractivity contribution < 1.29 is 0 Å². The number of aromatic nitrogens is 8. The summed E-state index contributed by atoms with van der Waals surface area (Å²) < 4.78 is 2.28. The van der Waals surface area contributed by atoms with Crippen LogP contribution in [0, 0.1) is 11.3 Å². The van der Waals surface area contributed by atoms with E-state index in [0.29, 0.717) is 23.0 Å². The van der Waals surface area contributed by atoms with Crippen LogP contribution >= 0.6 is 0 Å². The van der Waals surface area contributed by atoms with Crippen LogP contribution in [0.15, 0.2) is 467 Å². The zero-order chi connectivity index (χ0) is 90.5. The van der Waals surface area contributed by atoms with Gasteiger partial charge in [0.15, 0.2) is 17.5 Å². The predicted molar refractivity (Wildman–Crippen MR) is 572 cm³/mol. The van der Waals surface area contributed by atoms with Crippen LogP contribution in [0.5, 0.6) is 0 Å². The molecule has 0 spiro atoms. The van der Waals surface area contributed by atoms with E-state index in [2.05, 4.69) is 446 Å². The first-order valence-corrected chi connectivity index (χ1v) is 46.3. The Bertz CT molecular complexity index is 9820. The highest BCUT2D eigenvalue weighted by Gasteiger charge is 2.25. The second-order valence-corrected chi connectivity index (χ2v) is 35.1. The summed E-state index contributed by atoms with van der Waals surface area (Å²) in [5.74, 6) is 1.87. The molecule has 0 atom stereocenters. The summed E-state index contributed by atoms with van der Waals surface area (Å²) in [5, 5.41) is 42.1. The Kier molecular flexibility index (Phi) is 19.1. The van der Waals surface area contributed by atoms with E-state index in [1.54, 1.807) is 0 Å². The summed E-state index contributed by atoms with van der Waals surface area (Å²) in [4.78, 5) is 35.8. The molecule has 6 heterocycles. The fourth-order valence-electron chi connectivity index (χ4n) is 21.1. The van der Waals surface area contributed by atoms with Gasteiger partial charge in [-0.25, -0.2) is 29.9 Å². The van der Waals surface area contributed by atoms with Crippen molar-refractivity contribution in [3.05, 3.63) is 473 Å². The van der Waals surface area contributed by atoms with Crippen molar-refractivity contribution in [3.63, 3.8) is 0 Å². The maximum Gasteiger partial charge on any atom is 0.164 e. The standard InChI is InChI=1S/C50H30N4.C46H27N3.C32H20N2/c1-3-14-33-28-37(26-24-31(33)12-1)49-52-48(53-50(54-49)38-27-25-32-13-2-4-15-34(32)29-38)36-17-11-16-35(30-36)47-46-42-21-8-6-19-40(42)39-18-5-7-20-41(39)45(46)43-22-9-10-23-44(43)51-47;47-28-29-21-23-42-39(25-29)40-27-31(22-24-43(40)49(42)33-13-2-1-3-14-33)30-11-10-12-32(26-30)46-45-37-18-7-5-16-35(37)34-15-4-6-17-36(34)44(45)38-19-8-9-20-41(38)48-46;1-3-14-26-24(12-1)25-13-2-4-15-27(25)31-30(26)28-16-5-6-17-29(28)34-32(31)22-10-7-9-21(19-22)23-11-8-18-33-20-23/h1-30H;1-27H;1-20H. The van der Waals surface area contributed by atoms with Crippen LogP contribution in [-0.2, 0) is 0 Å². The van der Waals surface area contributed by atoms with Gasteiger partial charge in [0.1, 0.15) is 0 Å². The van der Waals surface area contributed by atoms with Crippen LogP contribution in [0.25, 0.3) is 269 Å². The number of fused-ring (bicyclic) bond motifs is 29. The van der Waals surface area contributed by atoms with Crippen LogP contribution < -0.4 is 0 Å². The summed E-state index contributed by atoms with van der Waals surface area (Å²) in [6.07, 6.45) is 3.72. The molecule has 22 aromatic carbocycles. The van der Waals surface area contributed by atoms with Gasteiger partial charge in [0.25, 0.3) is 0 Å². The number of hydrogen-bond donors (Lipinski definition) is 0. The minimum Gasteiger partial charge on any atom is -0.309 e. The molecule has 0 bridgehead atoms. The Balaban J connectivity index is 0.000000109. The fourth-order valence-corrected chi connectivity index (χ4v) is 21.1. The zero-order valence-electron chi connectivity index (χ0n) is 74.0. The number of rotatable bonds is 9. The summed E-state index contributed by atoms with van der Waals surface area (Å²) in [5.41, 5.74) is 20.3. The molecule has 0 aliphatic heterocycles. The first kappa shape index (κ1) is 79.3. The first-order chi connectivity index (χ1) is 67.9. The van der Waals surface area contributed by atoms with Gasteiger partial charge in [0.2, 0.25) is 0 Å². The maximum atomic E-state index is 9.77. The molecule has 28 rings (SSSR count). The van der Waals surface area contributed by atoms with Gasteiger partial charge in [0.05, 0.1) is 56.3 Å². The van der Waals surface area contributed by atoms with E-state index in [-0.39, 0.29) is 0 Å². The van der Waals surface area contributed by atoms with Crippen molar-refractivity contribution in [1.82, 2.24) is 39.5 Å². The number of hydrogen-bond acceptors (Lipinski definition) is 8. The zero-order valence-corrected chi connectivity index (χ0v) is 74.0. The second kappa shape index (κ2) is 33.0. The lowest BCUT2D eigenvalue weighted by molar-refractivity contribution is 1.08. The molecule has 634 valence electrons. The molecule has 0 saturated heterocycles. The first-order valence-electron chi connectivity index (χ1n) is 46.3. The average molecular weight is 1740 g/mol. The molecule has 137 heavy (non-hydrogen) atoms. The molecule has 28 aromatic rings. The number of nitriles is 1. The van der Waals surface area contributed by atoms with Gasteiger partial charge in [0, 0.05) is 116 Å². The van der Waals surface area contributed by atoms with Gasteiger partial charge in [-0.05, 0) is 200 Å². The molecular weight excluding hydrogens is 1660 g/mol. The van der Waals surface area contributed by atoms with Gasteiger partial charge in [-0.1, -0.05) is 358 Å². The highest BCUT2D eigenvalue weighted by atomic mass is 15.0. The van der Waals surface area contributed by atoms with Crippen molar-refractivity contribution in [2.75, 3.05) is 0 Å². The quantitative estimate of drug-likeness (QED) is 0.131. The molecule has 0 unspecified atom stereocenters. The normalized spacial score (nSPS) is 11.6. The lowest BCUT2D eigenvalue weighted by Crippen LogP contribution is -2.00. The summed E-state index contributed by atoms with van der Waals surface area (Å²) in [6, 6.07) is 163. The van der Waals surface area contributed by atoms with Crippen LogP contribution in [0.3, 0.4) is 0 Å². The molecule has 0 aliphatic carbocycles. The SMILES string of the molecule is N#Cc1ccc2c(c1)c1cc(-c3cccc(-c4nc5ccccc5c5c6ccccc6c6ccccc6c45)c3)ccc1n2-c1ccccc1.c1cc(-c2nc(-c3ccc4ccccc4c3)nc(-c3ccc4ccccc4c3)n2)cc(-c2nc3ccccc3c3c4ccccc4c4ccccc4c23)c1.c1cncc(-c2cccc(-c3nc4ccccc4c4c5ccccc5c5ccccc5c34)c2)c1. The third-order valence-corrected chi connectivity index (χ3v) is 27.3. The van der Waals surface area contributed by atoms with E-state index in [4.69, 9.17) is 29.9 Å². The van der Waals surface area contributed by atoms with Gasteiger partial charge in [-0.2, -0.15) is 5.26 Å².